The zero-order chi connectivity index (χ0) is 20.6. The molecular weight excluding hydrogens is 399 g/mol. The summed E-state index contributed by atoms with van der Waals surface area (Å²) >= 11 is 6.35. The Bertz CT molecular complexity index is 1040. The molecule has 0 radical (unpaired) electrons. The lowest BCUT2D eigenvalue weighted by Gasteiger charge is -2.41. The van der Waals surface area contributed by atoms with E-state index in [-0.39, 0.29) is 27.6 Å². The topological polar surface area (TPSA) is 99.2 Å². The van der Waals surface area contributed by atoms with Crippen LogP contribution in [0.1, 0.15) is 11.2 Å². The third-order valence-corrected chi connectivity index (χ3v) is 5.42. The van der Waals surface area contributed by atoms with Gasteiger partial charge in [-0.2, -0.15) is 5.10 Å². The average Bonchev–Trinajstić information content (AvgIpc) is 3.12. The monoisotopic (exact) mass is 426 g/mol. The van der Waals surface area contributed by atoms with Gasteiger partial charge in [0.1, 0.15) is 17.1 Å². The molecule has 3 aromatic heterocycles. The molecule has 10 heteroatoms. The van der Waals surface area contributed by atoms with Crippen LogP contribution in [-0.4, -0.2) is 70.3 Å². The van der Waals surface area contributed by atoms with Crippen molar-refractivity contribution in [1.29, 1.82) is 0 Å². The van der Waals surface area contributed by atoms with Crippen LogP contribution < -0.4 is 10.2 Å². The Hall–Kier alpha value is -2.33. The van der Waals surface area contributed by atoms with Crippen molar-refractivity contribution in [3.8, 4) is 11.4 Å². The highest BCUT2D eigenvalue weighted by molar-refractivity contribution is 6.33. The third kappa shape index (κ3) is 3.78. The number of aromatic amines is 1. The summed E-state index contributed by atoms with van der Waals surface area (Å²) in [6.45, 7) is 3.57. The maximum absolute atomic E-state index is 14.8. The number of anilines is 1. The first kappa shape index (κ1) is 20.0. The molecule has 29 heavy (non-hydrogen) atoms. The predicted molar refractivity (Wildman–Crippen MR) is 115 cm³/mol. The first-order chi connectivity index (χ1) is 13.9. The smallest absolute Gasteiger partial charge is 0.181 e. The molecule has 0 spiro atoms. The summed E-state index contributed by atoms with van der Waals surface area (Å²) in [5.74, 6) is -0.0966. The molecule has 2 unspecified atom stereocenters. The summed E-state index contributed by atoms with van der Waals surface area (Å²) in [5, 5.41) is 21.8. The Labute approximate surface area is 176 Å². The van der Waals surface area contributed by atoms with E-state index in [0.717, 1.165) is 0 Å². The van der Waals surface area contributed by atoms with Gasteiger partial charge in [0.15, 0.2) is 11.5 Å². The van der Waals surface area contributed by atoms with E-state index in [1.54, 1.807) is 32.4 Å². The fourth-order valence-electron chi connectivity index (χ4n) is 3.64. The molecule has 3 aromatic rings. The van der Waals surface area contributed by atoms with E-state index in [1.165, 1.54) is 6.07 Å². The van der Waals surface area contributed by atoms with Gasteiger partial charge in [-0.3, -0.25) is 5.10 Å². The molecular formula is C19H28ClFN6O2. The highest BCUT2D eigenvalue weighted by Crippen LogP contribution is 2.33. The van der Waals surface area contributed by atoms with Crippen molar-refractivity contribution in [3.63, 3.8) is 0 Å². The predicted octanol–water partition coefficient (Wildman–Crippen LogP) is 2.73. The molecule has 4 heterocycles. The van der Waals surface area contributed by atoms with E-state index >= 15 is 0 Å². The number of pyridine rings is 2. The third-order valence-electron chi connectivity index (χ3n) is 5.14. The molecule has 1 saturated heterocycles. The van der Waals surface area contributed by atoms with Gasteiger partial charge in [0.25, 0.3) is 0 Å². The fraction of sp³-hybridized carbons (Fsp3) is 0.421. The van der Waals surface area contributed by atoms with E-state index in [2.05, 4.69) is 25.5 Å². The van der Waals surface area contributed by atoms with Crippen molar-refractivity contribution in [2.24, 2.45) is 0 Å². The number of piperazine rings is 1. The second kappa shape index (κ2) is 7.83. The second-order valence-corrected chi connectivity index (χ2v) is 7.75. The minimum atomic E-state index is -1.08. The Kier molecular flexibility index (Phi) is 5.39. The number of rotatable bonds is 5. The molecule has 0 aromatic carbocycles. The highest BCUT2D eigenvalue weighted by Gasteiger charge is 2.36. The fourth-order valence-corrected chi connectivity index (χ4v) is 3.89. The number of aromatic nitrogens is 4. The molecule has 0 aliphatic carbocycles. The summed E-state index contributed by atoms with van der Waals surface area (Å²) in [7, 11) is 1.54. The van der Waals surface area contributed by atoms with Gasteiger partial charge in [0, 0.05) is 42.6 Å². The van der Waals surface area contributed by atoms with Gasteiger partial charge in [0.05, 0.1) is 23.4 Å². The zero-order valence-corrected chi connectivity index (χ0v) is 16.9. The summed E-state index contributed by atoms with van der Waals surface area (Å²) in [5.41, 5.74) is -0.0214. The maximum Gasteiger partial charge on any atom is 0.181 e. The second-order valence-electron chi connectivity index (χ2n) is 7.34. The zero-order valence-electron chi connectivity index (χ0n) is 16.1. The van der Waals surface area contributed by atoms with E-state index in [9.17, 15) is 9.50 Å². The number of nitrogens with one attached hydrogen (secondary N) is 2. The van der Waals surface area contributed by atoms with Crippen molar-refractivity contribution in [3.05, 3.63) is 35.2 Å². The molecule has 2 atom stereocenters. The molecule has 0 amide bonds. The van der Waals surface area contributed by atoms with E-state index in [1.807, 2.05) is 4.90 Å². The van der Waals surface area contributed by atoms with Gasteiger partial charge >= 0.3 is 0 Å². The van der Waals surface area contributed by atoms with Crippen LogP contribution in [0.5, 0.6) is 0 Å². The number of hydrogen-bond donors (Lipinski definition) is 3. The SMILES string of the molecule is COCC(C)(O)C1CN(c2nc(-c3[nH]nc4ncccc34)c(F)cc2Cl)CCN1.[HH].[HH].[HH]. The van der Waals surface area contributed by atoms with Crippen molar-refractivity contribution in [2.45, 2.75) is 18.6 Å². The molecule has 1 aliphatic rings. The van der Waals surface area contributed by atoms with Gasteiger partial charge in [-0.05, 0) is 25.1 Å². The van der Waals surface area contributed by atoms with Crippen LogP contribution in [0.4, 0.5) is 10.2 Å². The molecule has 3 N–H and O–H groups in total. The van der Waals surface area contributed by atoms with Gasteiger partial charge in [0.2, 0.25) is 0 Å². The summed E-state index contributed by atoms with van der Waals surface area (Å²) in [6.07, 6.45) is 1.62. The molecule has 1 fully saturated rings. The molecule has 4 rings (SSSR count). The van der Waals surface area contributed by atoms with Gasteiger partial charge < -0.3 is 20.1 Å². The number of hydrogen-bond acceptors (Lipinski definition) is 7. The number of halogens is 2. The summed E-state index contributed by atoms with van der Waals surface area (Å²) < 4.78 is 19.9. The molecule has 8 nitrogen and oxygen atoms in total. The molecule has 0 saturated carbocycles. The van der Waals surface area contributed by atoms with Crippen LogP contribution in [0.25, 0.3) is 22.4 Å². The van der Waals surface area contributed by atoms with Crippen LogP contribution in [0.3, 0.4) is 0 Å². The Balaban J connectivity index is 0.00000171. The van der Waals surface area contributed by atoms with Crippen molar-refractivity contribution in [2.75, 3.05) is 38.3 Å². The summed E-state index contributed by atoms with van der Waals surface area (Å²) in [6, 6.07) is 4.56. The van der Waals surface area contributed by atoms with Crippen LogP contribution in [-0.2, 0) is 4.74 Å². The molecule has 1 aliphatic heterocycles. The van der Waals surface area contributed by atoms with E-state index < -0.39 is 11.4 Å². The maximum atomic E-state index is 14.8. The Morgan fingerprint density at radius 1 is 1.52 bits per heavy atom. The van der Waals surface area contributed by atoms with E-state index in [0.29, 0.717) is 42.2 Å². The lowest BCUT2D eigenvalue weighted by molar-refractivity contribution is -0.0442. The number of ether oxygens (including phenoxy) is 1. The number of methoxy groups -OCH3 is 1. The lowest BCUT2D eigenvalue weighted by Crippen LogP contribution is -2.62. The van der Waals surface area contributed by atoms with E-state index in [4.69, 9.17) is 16.3 Å². The number of nitrogens with zero attached hydrogens (tertiary/aromatic N) is 4. The van der Waals surface area contributed by atoms with Crippen molar-refractivity contribution >= 4 is 28.5 Å². The van der Waals surface area contributed by atoms with Gasteiger partial charge in [-0.1, -0.05) is 11.6 Å². The van der Waals surface area contributed by atoms with Crippen LogP contribution in [0.2, 0.25) is 5.02 Å². The van der Waals surface area contributed by atoms with Gasteiger partial charge in [-0.15, -0.1) is 0 Å². The highest BCUT2D eigenvalue weighted by atomic mass is 35.5. The summed E-state index contributed by atoms with van der Waals surface area (Å²) in [4.78, 5) is 10.6. The molecule has 0 bridgehead atoms. The van der Waals surface area contributed by atoms with Crippen LogP contribution >= 0.6 is 11.6 Å². The standard InChI is InChI=1S/C19H22ClFN6O2.3H2/c1-19(28,10-29-2)14-9-27(7-6-22-14)18-12(20)8-13(21)16(24-18)15-11-4-3-5-23-17(11)26-25-15;;;/h3-5,8,14,22,28H,6-7,9-10H2,1-2H3,(H,23,25,26);3*1H. The largest absolute Gasteiger partial charge is 0.386 e. The van der Waals surface area contributed by atoms with Crippen LogP contribution in [0.15, 0.2) is 24.4 Å². The Morgan fingerprint density at radius 2 is 2.34 bits per heavy atom. The number of aliphatic hydroxyl groups is 1. The average molecular weight is 427 g/mol. The van der Waals surface area contributed by atoms with Crippen LogP contribution in [0, 0.1) is 5.82 Å². The minimum Gasteiger partial charge on any atom is -0.386 e. The first-order valence-electron chi connectivity index (χ1n) is 9.26. The quantitative estimate of drug-likeness (QED) is 0.576. The number of H-pyrrole nitrogens is 1. The van der Waals surface area contributed by atoms with Crippen molar-refractivity contribution < 1.29 is 18.5 Å². The Morgan fingerprint density at radius 3 is 3.14 bits per heavy atom. The van der Waals surface area contributed by atoms with Gasteiger partial charge in [-0.25, -0.2) is 14.4 Å². The number of fused-ring (bicyclic) bond motifs is 1. The first-order valence-corrected chi connectivity index (χ1v) is 9.63. The molecule has 160 valence electrons. The lowest BCUT2D eigenvalue weighted by atomic mass is 9.95. The normalized spacial score (nSPS) is 19.5. The van der Waals surface area contributed by atoms with Crippen molar-refractivity contribution in [1.82, 2.24) is 25.5 Å². The minimum absolute atomic E-state index is 0.